The molecule has 0 aliphatic rings. The summed E-state index contributed by atoms with van der Waals surface area (Å²) in [6.07, 6.45) is 0.984. The van der Waals surface area contributed by atoms with E-state index in [1.807, 2.05) is 24.6 Å². The van der Waals surface area contributed by atoms with Crippen molar-refractivity contribution in [3.8, 4) is 11.1 Å². The van der Waals surface area contributed by atoms with Crippen molar-refractivity contribution < 1.29 is 9.53 Å². The summed E-state index contributed by atoms with van der Waals surface area (Å²) in [4.78, 5) is 19.0. The van der Waals surface area contributed by atoms with Gasteiger partial charge < -0.3 is 9.64 Å². The summed E-state index contributed by atoms with van der Waals surface area (Å²) >= 11 is 0. The second kappa shape index (κ2) is 7.39. The summed E-state index contributed by atoms with van der Waals surface area (Å²) in [5, 5.41) is 4.76. The van der Waals surface area contributed by atoms with Crippen molar-refractivity contribution in [2.75, 3.05) is 25.6 Å². The minimum Gasteiger partial charge on any atom is -0.464 e. The van der Waals surface area contributed by atoms with Crippen LogP contribution in [0.2, 0.25) is 0 Å². The van der Waals surface area contributed by atoms with Crippen LogP contribution in [0.5, 0.6) is 0 Å². The predicted molar refractivity (Wildman–Crippen MR) is 108 cm³/mol. The van der Waals surface area contributed by atoms with Gasteiger partial charge in [-0.1, -0.05) is 25.1 Å². The predicted octanol–water partition coefficient (Wildman–Crippen LogP) is 3.95. The average Bonchev–Trinajstić information content (AvgIpc) is 2.96. The third kappa shape index (κ3) is 3.27. The zero-order valence-electron chi connectivity index (χ0n) is 16.8. The maximum Gasteiger partial charge on any atom is 0.356 e. The van der Waals surface area contributed by atoms with Gasteiger partial charge in [0.1, 0.15) is 5.82 Å². The average molecular weight is 366 g/mol. The van der Waals surface area contributed by atoms with E-state index in [-0.39, 0.29) is 5.69 Å². The highest BCUT2D eigenvalue weighted by Crippen LogP contribution is 2.34. The third-order valence-electron chi connectivity index (χ3n) is 4.82. The number of rotatable bonds is 5. The lowest BCUT2D eigenvalue weighted by molar-refractivity contribution is 0.0594. The van der Waals surface area contributed by atoms with Crippen LogP contribution in [0, 0.1) is 20.8 Å². The molecule has 0 radical (unpaired) electrons. The minimum atomic E-state index is -0.449. The smallest absolute Gasteiger partial charge is 0.356 e. The molecule has 0 atom stereocenters. The van der Waals surface area contributed by atoms with Gasteiger partial charge in [-0.15, -0.1) is 0 Å². The molecule has 0 bridgehead atoms. The van der Waals surface area contributed by atoms with Gasteiger partial charge in [0.2, 0.25) is 0 Å². The quantitative estimate of drug-likeness (QED) is 0.640. The van der Waals surface area contributed by atoms with Crippen LogP contribution in [0.15, 0.2) is 24.3 Å². The van der Waals surface area contributed by atoms with E-state index in [1.54, 1.807) is 6.07 Å². The van der Waals surface area contributed by atoms with Gasteiger partial charge in [0.05, 0.1) is 18.4 Å². The van der Waals surface area contributed by atoms with Crippen LogP contribution in [0.25, 0.3) is 16.8 Å². The summed E-state index contributed by atoms with van der Waals surface area (Å²) in [7, 11) is 3.37. The molecule has 6 heteroatoms. The molecule has 27 heavy (non-hydrogen) atoms. The lowest BCUT2D eigenvalue weighted by atomic mass is 9.96. The van der Waals surface area contributed by atoms with Gasteiger partial charge in [-0.3, -0.25) is 0 Å². The molecule has 0 saturated heterocycles. The van der Waals surface area contributed by atoms with Crippen molar-refractivity contribution in [3.63, 3.8) is 0 Å². The molecule has 0 N–H and O–H groups in total. The number of benzene rings is 1. The number of aromatic nitrogens is 3. The molecule has 0 amide bonds. The zero-order valence-corrected chi connectivity index (χ0v) is 16.8. The Bertz CT molecular complexity index is 987. The van der Waals surface area contributed by atoms with Gasteiger partial charge in [-0.2, -0.15) is 9.61 Å². The summed E-state index contributed by atoms with van der Waals surface area (Å²) < 4.78 is 6.76. The second-order valence-corrected chi connectivity index (χ2v) is 6.88. The molecule has 2 heterocycles. The van der Waals surface area contributed by atoms with Gasteiger partial charge in [0.15, 0.2) is 11.3 Å². The SMILES string of the molecule is CCCN(C)c1cc(C(=O)OC)nc2c(-c3c(C)cccc3C)c(C)nn12. The summed E-state index contributed by atoms with van der Waals surface area (Å²) in [5.41, 5.74) is 6.23. The van der Waals surface area contributed by atoms with Crippen LogP contribution < -0.4 is 4.90 Å². The van der Waals surface area contributed by atoms with Gasteiger partial charge in [0, 0.05) is 19.7 Å². The van der Waals surface area contributed by atoms with Crippen molar-refractivity contribution in [2.45, 2.75) is 34.1 Å². The number of esters is 1. The number of hydrogen-bond donors (Lipinski definition) is 0. The normalized spacial score (nSPS) is 11.0. The van der Waals surface area contributed by atoms with Crippen molar-refractivity contribution in [2.24, 2.45) is 0 Å². The Balaban J connectivity index is 2.38. The van der Waals surface area contributed by atoms with Gasteiger partial charge in [-0.25, -0.2) is 9.78 Å². The number of ether oxygens (including phenoxy) is 1. The van der Waals surface area contributed by atoms with E-state index in [4.69, 9.17) is 9.84 Å². The first-order chi connectivity index (χ1) is 12.9. The molecular formula is C21H26N4O2. The number of nitrogens with zero attached hydrogens (tertiary/aromatic N) is 4. The summed E-state index contributed by atoms with van der Waals surface area (Å²) in [5.74, 6) is 0.373. The highest BCUT2D eigenvalue weighted by molar-refractivity contribution is 5.91. The fourth-order valence-corrected chi connectivity index (χ4v) is 3.54. The first-order valence-electron chi connectivity index (χ1n) is 9.15. The first-order valence-corrected chi connectivity index (χ1v) is 9.15. The van der Waals surface area contributed by atoms with E-state index in [0.29, 0.717) is 5.65 Å². The Morgan fingerprint density at radius 1 is 1.19 bits per heavy atom. The van der Waals surface area contributed by atoms with Gasteiger partial charge in [-0.05, 0) is 43.9 Å². The van der Waals surface area contributed by atoms with E-state index in [2.05, 4.69) is 42.8 Å². The highest BCUT2D eigenvalue weighted by Gasteiger charge is 2.22. The molecule has 0 fully saturated rings. The Morgan fingerprint density at radius 2 is 1.85 bits per heavy atom. The van der Waals surface area contributed by atoms with Crippen LogP contribution in [0.1, 0.15) is 40.7 Å². The summed E-state index contributed by atoms with van der Waals surface area (Å²) in [6.45, 7) is 9.11. The van der Waals surface area contributed by atoms with Crippen molar-refractivity contribution in [1.29, 1.82) is 0 Å². The number of methoxy groups -OCH3 is 1. The number of fused-ring (bicyclic) bond motifs is 1. The maximum absolute atomic E-state index is 12.2. The zero-order chi connectivity index (χ0) is 19.7. The minimum absolute atomic E-state index is 0.287. The monoisotopic (exact) mass is 366 g/mol. The van der Waals surface area contributed by atoms with E-state index in [9.17, 15) is 4.79 Å². The Kier molecular flexibility index (Phi) is 5.17. The first kappa shape index (κ1) is 18.9. The molecule has 2 aromatic heterocycles. The van der Waals surface area contributed by atoms with Crippen LogP contribution in [-0.2, 0) is 4.74 Å². The van der Waals surface area contributed by atoms with E-state index < -0.39 is 5.97 Å². The fraction of sp³-hybridized carbons (Fsp3) is 0.381. The Morgan fingerprint density at radius 3 is 2.44 bits per heavy atom. The molecule has 0 aliphatic heterocycles. The Labute approximate surface area is 159 Å². The number of carbonyl (C=O) groups is 1. The lowest BCUT2D eigenvalue weighted by Gasteiger charge is -2.20. The Hall–Kier alpha value is -2.89. The fourth-order valence-electron chi connectivity index (χ4n) is 3.54. The number of aryl methyl sites for hydroxylation is 3. The molecule has 0 spiro atoms. The molecule has 6 nitrogen and oxygen atoms in total. The number of hydrogen-bond acceptors (Lipinski definition) is 5. The second-order valence-electron chi connectivity index (χ2n) is 6.88. The number of carbonyl (C=O) groups excluding carboxylic acids is 1. The van der Waals surface area contributed by atoms with Gasteiger partial charge in [0.25, 0.3) is 0 Å². The molecular weight excluding hydrogens is 340 g/mol. The van der Waals surface area contributed by atoms with Crippen molar-refractivity contribution >= 4 is 17.4 Å². The van der Waals surface area contributed by atoms with Crippen LogP contribution >= 0.6 is 0 Å². The summed E-state index contributed by atoms with van der Waals surface area (Å²) in [6, 6.07) is 7.96. The van der Waals surface area contributed by atoms with E-state index in [1.165, 1.54) is 7.11 Å². The third-order valence-corrected chi connectivity index (χ3v) is 4.82. The van der Waals surface area contributed by atoms with Crippen molar-refractivity contribution in [3.05, 3.63) is 46.8 Å². The maximum atomic E-state index is 12.2. The topological polar surface area (TPSA) is 59.7 Å². The van der Waals surface area contributed by atoms with E-state index in [0.717, 1.165) is 46.7 Å². The molecule has 0 unspecified atom stereocenters. The molecule has 0 saturated carbocycles. The molecule has 0 aliphatic carbocycles. The number of anilines is 1. The molecule has 142 valence electrons. The van der Waals surface area contributed by atoms with Gasteiger partial charge >= 0.3 is 5.97 Å². The van der Waals surface area contributed by atoms with Crippen molar-refractivity contribution in [1.82, 2.24) is 14.6 Å². The van der Waals surface area contributed by atoms with Crippen LogP contribution in [-0.4, -0.2) is 41.3 Å². The molecule has 3 aromatic rings. The van der Waals surface area contributed by atoms with Crippen LogP contribution in [0.4, 0.5) is 5.82 Å². The van der Waals surface area contributed by atoms with E-state index >= 15 is 0 Å². The highest BCUT2D eigenvalue weighted by atomic mass is 16.5. The largest absolute Gasteiger partial charge is 0.464 e. The lowest BCUT2D eigenvalue weighted by Crippen LogP contribution is -2.22. The standard InChI is InChI=1S/C21H26N4O2/c1-7-11-24(5)17-12-16(21(26)27-6)22-20-19(15(4)23-25(17)20)18-13(2)9-8-10-14(18)3/h8-10,12H,7,11H2,1-6H3. The van der Waals surface area contributed by atoms with Crippen LogP contribution in [0.3, 0.4) is 0 Å². The molecule has 1 aromatic carbocycles. The molecule has 3 rings (SSSR count).